The highest BCUT2D eigenvalue weighted by atomic mass is 127. The van der Waals surface area contributed by atoms with E-state index < -0.39 is 0 Å². The average molecular weight is 524 g/mol. The van der Waals surface area contributed by atoms with Gasteiger partial charge in [0.2, 0.25) is 0 Å². The first kappa shape index (κ1) is 22.4. The molecule has 4 rings (SSSR count). The Morgan fingerprint density at radius 2 is 2.00 bits per heavy atom. The van der Waals surface area contributed by atoms with E-state index >= 15 is 0 Å². The number of pyridine rings is 1. The highest BCUT2D eigenvalue weighted by Crippen LogP contribution is 2.34. The number of aromatic nitrogens is 3. The van der Waals surface area contributed by atoms with Crippen LogP contribution in [0.4, 0.5) is 4.39 Å². The normalized spacial score (nSPS) is 16.1. The van der Waals surface area contributed by atoms with E-state index in [-0.39, 0.29) is 35.2 Å². The third kappa shape index (κ3) is 4.89. The highest BCUT2D eigenvalue weighted by Gasteiger charge is 2.35. The maximum Gasteiger partial charge on any atom is 0.191 e. The van der Waals surface area contributed by atoms with Crippen LogP contribution in [-0.4, -0.2) is 47.4 Å². The van der Waals surface area contributed by atoms with Crippen molar-refractivity contribution in [3.05, 3.63) is 65.9 Å². The van der Waals surface area contributed by atoms with Crippen molar-refractivity contribution in [2.45, 2.75) is 24.8 Å². The first-order valence-electron chi connectivity index (χ1n) is 9.77. The fourth-order valence-corrected chi connectivity index (χ4v) is 3.80. The zero-order valence-electron chi connectivity index (χ0n) is 16.8. The van der Waals surface area contributed by atoms with Crippen LogP contribution in [0.25, 0.3) is 5.65 Å². The van der Waals surface area contributed by atoms with E-state index in [1.807, 2.05) is 34.9 Å². The zero-order valence-corrected chi connectivity index (χ0v) is 19.2. The largest absolute Gasteiger partial charge is 0.381 e. The lowest BCUT2D eigenvalue weighted by molar-refractivity contribution is 0.0513. The lowest BCUT2D eigenvalue weighted by atomic mass is 9.74. The summed E-state index contributed by atoms with van der Waals surface area (Å²) in [4.78, 5) is 4.33. The van der Waals surface area contributed by atoms with Gasteiger partial charge in [-0.25, -0.2) is 4.39 Å². The molecule has 0 unspecified atom stereocenters. The van der Waals surface area contributed by atoms with Gasteiger partial charge in [0.1, 0.15) is 5.82 Å². The van der Waals surface area contributed by atoms with Gasteiger partial charge >= 0.3 is 0 Å². The third-order valence-electron chi connectivity index (χ3n) is 5.50. The van der Waals surface area contributed by atoms with Crippen molar-refractivity contribution in [3.8, 4) is 0 Å². The van der Waals surface area contributed by atoms with Crippen molar-refractivity contribution >= 4 is 35.6 Å². The summed E-state index contributed by atoms with van der Waals surface area (Å²) in [5, 5.41) is 15.1. The minimum Gasteiger partial charge on any atom is -0.381 e. The lowest BCUT2D eigenvalue weighted by Gasteiger charge is -2.38. The summed E-state index contributed by atoms with van der Waals surface area (Å²) < 4.78 is 21.4. The lowest BCUT2D eigenvalue weighted by Crippen LogP contribution is -2.48. The van der Waals surface area contributed by atoms with Gasteiger partial charge in [-0.1, -0.05) is 18.2 Å². The Morgan fingerprint density at radius 1 is 1.17 bits per heavy atom. The van der Waals surface area contributed by atoms with E-state index in [1.165, 1.54) is 6.07 Å². The van der Waals surface area contributed by atoms with Crippen LogP contribution < -0.4 is 10.6 Å². The van der Waals surface area contributed by atoms with Crippen molar-refractivity contribution in [1.29, 1.82) is 0 Å². The predicted molar refractivity (Wildman–Crippen MR) is 125 cm³/mol. The van der Waals surface area contributed by atoms with Crippen molar-refractivity contribution in [1.82, 2.24) is 25.2 Å². The van der Waals surface area contributed by atoms with Crippen LogP contribution in [0.2, 0.25) is 0 Å². The molecule has 0 saturated carbocycles. The minimum absolute atomic E-state index is 0. The monoisotopic (exact) mass is 524 g/mol. The summed E-state index contributed by atoms with van der Waals surface area (Å²) in [6.07, 6.45) is 3.59. The fourth-order valence-electron chi connectivity index (χ4n) is 3.80. The van der Waals surface area contributed by atoms with Crippen molar-refractivity contribution in [2.75, 3.05) is 26.8 Å². The van der Waals surface area contributed by atoms with Gasteiger partial charge < -0.3 is 15.4 Å². The Morgan fingerprint density at radius 3 is 2.77 bits per heavy atom. The molecule has 3 heterocycles. The van der Waals surface area contributed by atoms with Crippen molar-refractivity contribution in [3.63, 3.8) is 0 Å². The van der Waals surface area contributed by atoms with Crippen LogP contribution >= 0.6 is 24.0 Å². The Kier molecular flexibility index (Phi) is 7.59. The molecule has 7 nitrogen and oxygen atoms in total. The number of nitrogens with one attached hydrogen (secondary N) is 2. The van der Waals surface area contributed by atoms with Gasteiger partial charge in [-0.2, -0.15) is 0 Å². The quantitative estimate of drug-likeness (QED) is 0.305. The number of nitrogens with zero attached hydrogens (tertiary/aromatic N) is 4. The van der Waals surface area contributed by atoms with Gasteiger partial charge in [0, 0.05) is 38.4 Å². The summed E-state index contributed by atoms with van der Waals surface area (Å²) in [7, 11) is 1.73. The van der Waals surface area contributed by atoms with E-state index in [2.05, 4.69) is 25.8 Å². The summed E-state index contributed by atoms with van der Waals surface area (Å²) in [6, 6.07) is 12.7. The molecule has 3 aromatic rings. The highest BCUT2D eigenvalue weighted by molar-refractivity contribution is 14.0. The topological polar surface area (TPSA) is 75.8 Å². The molecule has 0 spiro atoms. The number of hydrogen-bond acceptors (Lipinski definition) is 4. The Labute approximate surface area is 192 Å². The molecule has 0 bridgehead atoms. The van der Waals surface area contributed by atoms with Crippen LogP contribution in [0.15, 0.2) is 53.7 Å². The number of guanidine groups is 1. The van der Waals surface area contributed by atoms with Gasteiger partial charge in [-0.05, 0) is 42.7 Å². The molecular weight excluding hydrogens is 498 g/mol. The fraction of sp³-hybridized carbons (Fsp3) is 0.381. The van der Waals surface area contributed by atoms with Gasteiger partial charge in [0.25, 0.3) is 0 Å². The Balaban J connectivity index is 0.00000256. The second kappa shape index (κ2) is 10.2. The molecule has 0 aliphatic carbocycles. The maximum atomic E-state index is 13.9. The summed E-state index contributed by atoms with van der Waals surface area (Å²) in [5.74, 6) is 1.25. The number of benzene rings is 1. The number of fused-ring (bicyclic) bond motifs is 1. The number of aliphatic imine (C=N–C) groups is 1. The molecular formula is C21H26FIN6O. The number of hydrogen-bond donors (Lipinski definition) is 2. The molecule has 1 aliphatic heterocycles. The number of rotatable bonds is 5. The van der Waals surface area contributed by atoms with Crippen molar-refractivity contribution in [2.24, 2.45) is 4.99 Å². The van der Waals surface area contributed by atoms with Gasteiger partial charge in [-0.3, -0.25) is 9.39 Å². The summed E-state index contributed by atoms with van der Waals surface area (Å²) in [5.41, 5.74) is 1.60. The Bertz CT molecular complexity index is 1000. The number of ether oxygens (including phenoxy) is 1. The summed E-state index contributed by atoms with van der Waals surface area (Å²) >= 11 is 0. The molecule has 1 fully saturated rings. The molecule has 1 aromatic carbocycles. The Hall–Kier alpha value is -2.27. The van der Waals surface area contributed by atoms with Crippen LogP contribution in [0.3, 0.4) is 0 Å². The molecule has 160 valence electrons. The van der Waals surface area contributed by atoms with Crippen LogP contribution in [0.1, 0.15) is 24.2 Å². The smallest absolute Gasteiger partial charge is 0.191 e. The summed E-state index contributed by atoms with van der Waals surface area (Å²) in [6.45, 7) is 2.45. The van der Waals surface area contributed by atoms with Crippen molar-refractivity contribution < 1.29 is 9.13 Å². The molecule has 0 radical (unpaired) electrons. The second-order valence-corrected chi connectivity index (χ2v) is 7.23. The van der Waals surface area contributed by atoms with Crippen LogP contribution in [0, 0.1) is 5.82 Å². The van der Waals surface area contributed by atoms with E-state index in [4.69, 9.17) is 4.74 Å². The molecule has 2 N–H and O–H groups in total. The average Bonchev–Trinajstić information content (AvgIpc) is 3.18. The molecule has 0 amide bonds. The first-order chi connectivity index (χ1) is 14.2. The standard InChI is InChI=1S/C21H25FN6O.HI/c1-23-20(24-14-19-27-26-18-7-2-3-10-28(18)19)25-15-21(8-11-29-12-9-21)16-5-4-6-17(22)13-16;/h2-7,10,13H,8-9,11-12,14-15H2,1H3,(H2,23,24,25);1H. The van der Waals surface area contributed by atoms with Gasteiger partial charge in [0.15, 0.2) is 17.4 Å². The first-order valence-corrected chi connectivity index (χ1v) is 9.77. The second-order valence-electron chi connectivity index (χ2n) is 7.23. The van der Waals surface area contributed by atoms with Gasteiger partial charge in [-0.15, -0.1) is 34.2 Å². The molecule has 2 aromatic heterocycles. The third-order valence-corrected chi connectivity index (χ3v) is 5.50. The van der Waals surface area contributed by atoms with Crippen LogP contribution in [0.5, 0.6) is 0 Å². The SMILES string of the molecule is CN=C(NCc1nnc2ccccn12)NCC1(c2cccc(F)c2)CCOCC1.I. The zero-order chi connectivity index (χ0) is 20.1. The predicted octanol–water partition coefficient (Wildman–Crippen LogP) is 2.90. The van der Waals surface area contributed by atoms with E-state index in [0.29, 0.717) is 32.3 Å². The van der Waals surface area contributed by atoms with E-state index in [0.717, 1.165) is 29.9 Å². The van der Waals surface area contributed by atoms with E-state index in [1.54, 1.807) is 19.2 Å². The molecule has 1 aliphatic rings. The minimum atomic E-state index is -0.213. The number of halogens is 2. The van der Waals surface area contributed by atoms with Gasteiger partial charge in [0.05, 0.1) is 6.54 Å². The molecule has 9 heteroatoms. The molecule has 0 atom stereocenters. The maximum absolute atomic E-state index is 13.9. The molecule has 30 heavy (non-hydrogen) atoms. The van der Waals surface area contributed by atoms with Crippen LogP contribution in [-0.2, 0) is 16.7 Å². The molecule has 1 saturated heterocycles. The van der Waals surface area contributed by atoms with E-state index in [9.17, 15) is 4.39 Å².